The van der Waals surface area contributed by atoms with Gasteiger partial charge in [0.05, 0.1) is 12.0 Å². The van der Waals surface area contributed by atoms with Crippen LogP contribution in [-0.2, 0) is 0 Å². The quantitative estimate of drug-likeness (QED) is 0.614. The Labute approximate surface area is 68.9 Å². The van der Waals surface area contributed by atoms with Crippen molar-refractivity contribution in [2.45, 2.75) is 25.4 Å². The van der Waals surface area contributed by atoms with E-state index >= 15 is 0 Å². The summed E-state index contributed by atoms with van der Waals surface area (Å²) in [5, 5.41) is 8.72. The molecule has 4 heteroatoms. The fourth-order valence-electron chi connectivity index (χ4n) is 1.38. The van der Waals surface area contributed by atoms with E-state index in [0.29, 0.717) is 6.42 Å². The first-order valence-electron chi connectivity index (χ1n) is 3.84. The Bertz CT molecular complexity index is 185. The third-order valence-corrected chi connectivity index (χ3v) is 2.37. The molecule has 0 heterocycles. The first kappa shape index (κ1) is 9.58. The summed E-state index contributed by atoms with van der Waals surface area (Å²) in [6.07, 6.45) is -0.754. The van der Waals surface area contributed by atoms with Gasteiger partial charge < -0.3 is 5.11 Å². The molecule has 0 bridgehead atoms. The predicted octanol–water partition coefficient (Wildman–Crippen LogP) is 2.27. The van der Waals surface area contributed by atoms with Gasteiger partial charge in [-0.25, -0.2) is 0 Å². The molecule has 1 N–H and O–H groups in total. The highest BCUT2D eigenvalue weighted by Gasteiger charge is 2.53. The highest BCUT2D eigenvalue weighted by molar-refractivity contribution is 5.00. The topological polar surface area (TPSA) is 20.2 Å². The summed E-state index contributed by atoms with van der Waals surface area (Å²) in [5.41, 5.74) is -1.87. The average molecular weight is 180 g/mol. The molecule has 1 aliphatic rings. The smallest absolute Gasteiger partial charge is 0.395 e. The van der Waals surface area contributed by atoms with Crippen LogP contribution >= 0.6 is 0 Å². The summed E-state index contributed by atoms with van der Waals surface area (Å²) in [4.78, 5) is 0. The van der Waals surface area contributed by atoms with Gasteiger partial charge in [-0.2, -0.15) is 13.2 Å². The van der Waals surface area contributed by atoms with Crippen LogP contribution in [0.5, 0.6) is 0 Å². The summed E-state index contributed by atoms with van der Waals surface area (Å²) in [5.74, 6) is 0. The van der Waals surface area contributed by atoms with Crippen molar-refractivity contribution in [3.63, 3.8) is 0 Å². The Morgan fingerprint density at radius 1 is 1.33 bits per heavy atom. The molecule has 1 nitrogen and oxygen atoms in total. The molecule has 0 aromatic carbocycles. The number of aliphatic hydroxyl groups excluding tert-OH is 1. The van der Waals surface area contributed by atoms with Crippen molar-refractivity contribution in [1.82, 2.24) is 0 Å². The van der Waals surface area contributed by atoms with Crippen LogP contribution in [0.15, 0.2) is 12.2 Å². The monoisotopic (exact) mass is 180 g/mol. The van der Waals surface area contributed by atoms with Crippen LogP contribution in [0.3, 0.4) is 0 Å². The fraction of sp³-hybridized carbons (Fsp3) is 0.750. The highest BCUT2D eigenvalue weighted by atomic mass is 19.4. The van der Waals surface area contributed by atoms with Gasteiger partial charge in [0, 0.05) is 0 Å². The molecule has 12 heavy (non-hydrogen) atoms. The van der Waals surface area contributed by atoms with E-state index < -0.39 is 18.2 Å². The molecule has 1 rings (SSSR count). The molecule has 1 aliphatic carbocycles. The van der Waals surface area contributed by atoms with Gasteiger partial charge in [0.1, 0.15) is 0 Å². The zero-order chi connectivity index (χ0) is 9.24. The lowest BCUT2D eigenvalue weighted by Gasteiger charge is -2.34. The van der Waals surface area contributed by atoms with Crippen molar-refractivity contribution in [2.75, 3.05) is 6.61 Å². The molecule has 0 saturated carbocycles. The third kappa shape index (κ3) is 1.48. The molecular weight excluding hydrogens is 169 g/mol. The maximum absolute atomic E-state index is 12.4. The number of halogens is 3. The number of alkyl halides is 3. The van der Waals surface area contributed by atoms with E-state index in [0.717, 1.165) is 0 Å². The number of rotatable bonds is 1. The first-order chi connectivity index (χ1) is 5.52. The van der Waals surface area contributed by atoms with Crippen molar-refractivity contribution >= 4 is 0 Å². The first-order valence-corrected chi connectivity index (χ1v) is 3.84. The summed E-state index contributed by atoms with van der Waals surface area (Å²) in [6, 6.07) is 0. The van der Waals surface area contributed by atoms with Crippen molar-refractivity contribution in [3.8, 4) is 0 Å². The van der Waals surface area contributed by atoms with E-state index in [2.05, 4.69) is 0 Å². The Kier molecular flexibility index (Phi) is 2.46. The van der Waals surface area contributed by atoms with Crippen LogP contribution in [-0.4, -0.2) is 17.9 Å². The Hall–Kier alpha value is -0.510. The van der Waals surface area contributed by atoms with Gasteiger partial charge in [0.2, 0.25) is 0 Å². The second-order valence-electron chi connectivity index (χ2n) is 3.15. The molecule has 0 aliphatic heterocycles. The van der Waals surface area contributed by atoms with Crippen LogP contribution < -0.4 is 0 Å². The summed E-state index contributed by atoms with van der Waals surface area (Å²) >= 11 is 0. The maximum atomic E-state index is 12.4. The SMILES string of the molecule is OCC1(C(F)(F)F)CC=CCC1. The molecule has 70 valence electrons. The Morgan fingerprint density at radius 3 is 2.25 bits per heavy atom. The maximum Gasteiger partial charge on any atom is 0.397 e. The van der Waals surface area contributed by atoms with Crippen LogP contribution in [0.2, 0.25) is 0 Å². The van der Waals surface area contributed by atoms with E-state index in [9.17, 15) is 13.2 Å². The van der Waals surface area contributed by atoms with Gasteiger partial charge in [-0.3, -0.25) is 0 Å². The molecule has 0 saturated heterocycles. The summed E-state index contributed by atoms with van der Waals surface area (Å²) in [6.45, 7) is -0.805. The fourth-order valence-corrected chi connectivity index (χ4v) is 1.38. The number of allylic oxidation sites excluding steroid dienone is 2. The van der Waals surface area contributed by atoms with E-state index in [4.69, 9.17) is 5.11 Å². The Balaban J connectivity index is 2.82. The molecule has 0 radical (unpaired) electrons. The van der Waals surface area contributed by atoms with Crippen molar-refractivity contribution in [1.29, 1.82) is 0 Å². The van der Waals surface area contributed by atoms with Gasteiger partial charge in [0.25, 0.3) is 0 Å². The van der Waals surface area contributed by atoms with Gasteiger partial charge >= 0.3 is 6.18 Å². The largest absolute Gasteiger partial charge is 0.397 e. The average Bonchev–Trinajstić information content (AvgIpc) is 2.04. The van der Waals surface area contributed by atoms with E-state index in [1.54, 1.807) is 6.08 Å². The number of hydrogen-bond donors (Lipinski definition) is 1. The highest BCUT2D eigenvalue weighted by Crippen LogP contribution is 2.46. The number of hydrogen-bond acceptors (Lipinski definition) is 1. The second kappa shape index (κ2) is 3.09. The third-order valence-electron chi connectivity index (χ3n) is 2.37. The minimum Gasteiger partial charge on any atom is -0.395 e. The lowest BCUT2D eigenvalue weighted by Crippen LogP contribution is -2.41. The van der Waals surface area contributed by atoms with Crippen molar-refractivity contribution in [2.24, 2.45) is 5.41 Å². The normalized spacial score (nSPS) is 30.7. The van der Waals surface area contributed by atoms with Gasteiger partial charge in [0.15, 0.2) is 0 Å². The molecule has 0 spiro atoms. The lowest BCUT2D eigenvalue weighted by molar-refractivity contribution is -0.238. The molecule has 1 unspecified atom stereocenters. The minimum absolute atomic E-state index is 0.00347. The molecule has 0 aromatic rings. The molecule has 0 aromatic heterocycles. The van der Waals surface area contributed by atoms with E-state index in [-0.39, 0.29) is 12.8 Å². The van der Waals surface area contributed by atoms with Gasteiger partial charge in [-0.05, 0) is 19.3 Å². The molecule has 0 amide bonds. The lowest BCUT2D eigenvalue weighted by atomic mass is 9.77. The zero-order valence-corrected chi connectivity index (χ0v) is 6.56. The van der Waals surface area contributed by atoms with Crippen LogP contribution in [0.4, 0.5) is 13.2 Å². The van der Waals surface area contributed by atoms with Gasteiger partial charge in [-0.1, -0.05) is 12.2 Å². The predicted molar refractivity (Wildman–Crippen MR) is 38.6 cm³/mol. The van der Waals surface area contributed by atoms with Crippen molar-refractivity contribution in [3.05, 3.63) is 12.2 Å². The molecular formula is C8H11F3O. The summed E-state index contributed by atoms with van der Waals surface area (Å²) in [7, 11) is 0. The molecule has 1 atom stereocenters. The van der Waals surface area contributed by atoms with Gasteiger partial charge in [-0.15, -0.1) is 0 Å². The number of aliphatic hydroxyl groups is 1. The zero-order valence-electron chi connectivity index (χ0n) is 6.56. The van der Waals surface area contributed by atoms with E-state index in [1.807, 2.05) is 0 Å². The van der Waals surface area contributed by atoms with E-state index in [1.165, 1.54) is 6.08 Å². The second-order valence-corrected chi connectivity index (χ2v) is 3.15. The minimum atomic E-state index is -4.29. The molecule has 0 fully saturated rings. The summed E-state index contributed by atoms with van der Waals surface area (Å²) < 4.78 is 37.2. The van der Waals surface area contributed by atoms with Crippen molar-refractivity contribution < 1.29 is 18.3 Å². The van der Waals surface area contributed by atoms with Crippen LogP contribution in [0, 0.1) is 5.41 Å². The van der Waals surface area contributed by atoms with Crippen LogP contribution in [0.1, 0.15) is 19.3 Å². The standard InChI is InChI=1S/C8H11F3O/c9-8(10,11)7(6-12)4-2-1-3-5-7/h1-2,12H,3-6H2. The van der Waals surface area contributed by atoms with Crippen LogP contribution in [0.25, 0.3) is 0 Å². The Morgan fingerprint density at radius 2 is 2.00 bits per heavy atom.